The summed E-state index contributed by atoms with van der Waals surface area (Å²) < 4.78 is 5.74. The van der Waals surface area contributed by atoms with E-state index in [0.717, 1.165) is 0 Å². The average Bonchev–Trinajstić information content (AvgIpc) is 2.45. The fourth-order valence-corrected chi connectivity index (χ4v) is 1.96. The van der Waals surface area contributed by atoms with Crippen LogP contribution in [0.15, 0.2) is 37.2 Å². The maximum atomic E-state index is 10.0. The Morgan fingerprint density at radius 3 is 2.68 bits per heavy atom. The van der Waals surface area contributed by atoms with E-state index >= 15 is 0 Å². The largest absolute Gasteiger partial charge is 0.485 e. The standard InChI is InChI=1S/C15H23NO3/c1-4-13(19-14-6-5-7-16-9-14)8-11(2)15(18)12(3)10-17/h4-7,9,11-13,15,17-18H,1,8,10H2,2-3H3. The molecule has 0 saturated carbocycles. The monoisotopic (exact) mass is 265 g/mol. The summed E-state index contributed by atoms with van der Waals surface area (Å²) in [6.45, 7) is 7.51. The minimum absolute atomic E-state index is 0.0156. The summed E-state index contributed by atoms with van der Waals surface area (Å²) in [6.07, 6.45) is 4.97. The van der Waals surface area contributed by atoms with Crippen molar-refractivity contribution in [2.75, 3.05) is 6.61 Å². The lowest BCUT2D eigenvalue weighted by molar-refractivity contribution is 0.0240. The van der Waals surface area contributed by atoms with Gasteiger partial charge in [-0.15, -0.1) is 0 Å². The number of ether oxygens (including phenoxy) is 1. The number of aliphatic hydroxyl groups excluding tert-OH is 2. The van der Waals surface area contributed by atoms with E-state index in [2.05, 4.69) is 11.6 Å². The van der Waals surface area contributed by atoms with Gasteiger partial charge in [-0.2, -0.15) is 0 Å². The summed E-state index contributed by atoms with van der Waals surface area (Å²) in [4.78, 5) is 3.99. The van der Waals surface area contributed by atoms with Gasteiger partial charge in [0.15, 0.2) is 0 Å². The zero-order chi connectivity index (χ0) is 14.3. The third kappa shape index (κ3) is 5.01. The third-order valence-electron chi connectivity index (χ3n) is 3.24. The van der Waals surface area contributed by atoms with Gasteiger partial charge in [0.25, 0.3) is 0 Å². The summed E-state index contributed by atoms with van der Waals surface area (Å²) in [5.41, 5.74) is 0. The van der Waals surface area contributed by atoms with Gasteiger partial charge in [0.05, 0.1) is 12.3 Å². The van der Waals surface area contributed by atoms with Gasteiger partial charge in [0.2, 0.25) is 0 Å². The van der Waals surface area contributed by atoms with Gasteiger partial charge in [-0.3, -0.25) is 4.98 Å². The molecule has 0 bridgehead atoms. The van der Waals surface area contributed by atoms with E-state index in [9.17, 15) is 5.11 Å². The number of pyridine rings is 1. The van der Waals surface area contributed by atoms with E-state index in [1.807, 2.05) is 26.0 Å². The Morgan fingerprint density at radius 2 is 2.16 bits per heavy atom. The minimum Gasteiger partial charge on any atom is -0.485 e. The molecule has 0 aromatic carbocycles. The molecule has 0 spiro atoms. The van der Waals surface area contributed by atoms with Gasteiger partial charge in [-0.25, -0.2) is 0 Å². The topological polar surface area (TPSA) is 62.6 Å². The first-order valence-corrected chi connectivity index (χ1v) is 6.56. The molecular weight excluding hydrogens is 242 g/mol. The van der Waals surface area contributed by atoms with Crippen molar-refractivity contribution < 1.29 is 14.9 Å². The molecule has 0 saturated heterocycles. The maximum Gasteiger partial charge on any atom is 0.138 e. The van der Waals surface area contributed by atoms with E-state index in [4.69, 9.17) is 9.84 Å². The second kappa shape index (κ2) is 7.92. The van der Waals surface area contributed by atoms with Gasteiger partial charge in [-0.05, 0) is 24.5 Å². The van der Waals surface area contributed by atoms with Crippen LogP contribution in [0.4, 0.5) is 0 Å². The Kier molecular flexibility index (Phi) is 6.53. The lowest BCUT2D eigenvalue weighted by Crippen LogP contribution is -2.31. The number of aliphatic hydroxyl groups is 2. The summed E-state index contributed by atoms with van der Waals surface area (Å²) in [5.74, 6) is 0.560. The molecule has 0 amide bonds. The van der Waals surface area contributed by atoms with Crippen LogP contribution in [0.5, 0.6) is 5.75 Å². The zero-order valence-corrected chi connectivity index (χ0v) is 11.6. The van der Waals surface area contributed by atoms with Crippen molar-refractivity contribution >= 4 is 0 Å². The number of hydrogen-bond donors (Lipinski definition) is 2. The van der Waals surface area contributed by atoms with Crippen molar-refractivity contribution in [3.05, 3.63) is 37.2 Å². The van der Waals surface area contributed by atoms with E-state index < -0.39 is 6.10 Å². The maximum absolute atomic E-state index is 10.0. The molecule has 1 heterocycles. The molecule has 19 heavy (non-hydrogen) atoms. The lowest BCUT2D eigenvalue weighted by atomic mass is 9.89. The van der Waals surface area contributed by atoms with Crippen LogP contribution in [0.3, 0.4) is 0 Å². The Hall–Kier alpha value is -1.39. The lowest BCUT2D eigenvalue weighted by Gasteiger charge is -2.26. The molecule has 4 nitrogen and oxygen atoms in total. The fourth-order valence-electron chi connectivity index (χ4n) is 1.96. The predicted octanol–water partition coefficient (Wildman–Crippen LogP) is 2.03. The summed E-state index contributed by atoms with van der Waals surface area (Å²) in [5, 5.41) is 19.1. The van der Waals surface area contributed by atoms with Crippen molar-refractivity contribution in [2.45, 2.75) is 32.5 Å². The second-order valence-electron chi connectivity index (χ2n) is 4.94. The van der Waals surface area contributed by atoms with Gasteiger partial charge in [0.1, 0.15) is 11.9 Å². The molecule has 1 rings (SSSR count). The van der Waals surface area contributed by atoms with E-state index in [1.54, 1.807) is 18.5 Å². The Labute approximate surface area is 114 Å². The first-order chi connectivity index (χ1) is 9.08. The molecule has 0 aliphatic heterocycles. The Bertz CT molecular complexity index is 369. The van der Waals surface area contributed by atoms with Crippen molar-refractivity contribution in [1.82, 2.24) is 4.98 Å². The molecule has 0 aliphatic carbocycles. The highest BCUT2D eigenvalue weighted by atomic mass is 16.5. The molecule has 1 aromatic heterocycles. The minimum atomic E-state index is -0.551. The number of hydrogen-bond acceptors (Lipinski definition) is 4. The smallest absolute Gasteiger partial charge is 0.138 e. The zero-order valence-electron chi connectivity index (χ0n) is 11.6. The quantitative estimate of drug-likeness (QED) is 0.706. The Morgan fingerprint density at radius 1 is 1.42 bits per heavy atom. The normalized spacial score (nSPS) is 17.3. The van der Waals surface area contributed by atoms with Crippen LogP contribution < -0.4 is 4.74 Å². The van der Waals surface area contributed by atoms with E-state index in [-0.39, 0.29) is 24.5 Å². The van der Waals surface area contributed by atoms with Crippen molar-refractivity contribution in [3.63, 3.8) is 0 Å². The first kappa shape index (κ1) is 15.7. The first-order valence-electron chi connectivity index (χ1n) is 6.56. The highest BCUT2D eigenvalue weighted by Gasteiger charge is 2.23. The SMILES string of the molecule is C=CC(CC(C)C(O)C(C)CO)Oc1cccnc1. The van der Waals surface area contributed by atoms with Gasteiger partial charge < -0.3 is 14.9 Å². The summed E-state index contributed by atoms with van der Waals surface area (Å²) >= 11 is 0. The molecule has 0 radical (unpaired) electrons. The van der Waals surface area contributed by atoms with Crippen molar-refractivity contribution in [3.8, 4) is 5.75 Å². The summed E-state index contributed by atoms with van der Waals surface area (Å²) in [7, 11) is 0. The highest BCUT2D eigenvalue weighted by molar-refractivity contribution is 5.16. The predicted molar refractivity (Wildman–Crippen MR) is 74.9 cm³/mol. The van der Waals surface area contributed by atoms with Gasteiger partial charge in [-0.1, -0.05) is 26.5 Å². The summed E-state index contributed by atoms with van der Waals surface area (Å²) in [6, 6.07) is 3.64. The van der Waals surface area contributed by atoms with Crippen LogP contribution in [0.2, 0.25) is 0 Å². The molecule has 2 N–H and O–H groups in total. The molecule has 1 aromatic rings. The highest BCUT2D eigenvalue weighted by Crippen LogP contribution is 2.21. The molecular formula is C15H23NO3. The Balaban J connectivity index is 2.55. The van der Waals surface area contributed by atoms with Crippen LogP contribution in [-0.2, 0) is 0 Å². The molecule has 0 aliphatic rings. The molecule has 0 fully saturated rings. The van der Waals surface area contributed by atoms with E-state index in [0.29, 0.717) is 12.2 Å². The third-order valence-corrected chi connectivity index (χ3v) is 3.24. The van der Waals surface area contributed by atoms with Crippen LogP contribution in [0.25, 0.3) is 0 Å². The van der Waals surface area contributed by atoms with Crippen LogP contribution >= 0.6 is 0 Å². The van der Waals surface area contributed by atoms with Crippen molar-refractivity contribution in [1.29, 1.82) is 0 Å². The van der Waals surface area contributed by atoms with E-state index in [1.165, 1.54) is 0 Å². The molecule has 106 valence electrons. The molecule has 4 unspecified atom stereocenters. The van der Waals surface area contributed by atoms with Gasteiger partial charge >= 0.3 is 0 Å². The van der Waals surface area contributed by atoms with Crippen LogP contribution in [0.1, 0.15) is 20.3 Å². The van der Waals surface area contributed by atoms with Crippen LogP contribution in [0, 0.1) is 11.8 Å². The van der Waals surface area contributed by atoms with Crippen LogP contribution in [-0.4, -0.2) is 34.0 Å². The number of nitrogens with zero attached hydrogens (tertiary/aromatic N) is 1. The average molecular weight is 265 g/mol. The van der Waals surface area contributed by atoms with Gasteiger partial charge in [0, 0.05) is 18.7 Å². The second-order valence-corrected chi connectivity index (χ2v) is 4.94. The fraction of sp³-hybridized carbons (Fsp3) is 0.533. The number of rotatable bonds is 8. The molecule has 4 atom stereocenters. The number of aromatic nitrogens is 1. The van der Waals surface area contributed by atoms with Crippen molar-refractivity contribution in [2.24, 2.45) is 11.8 Å². The molecule has 4 heteroatoms.